The third-order valence-electron chi connectivity index (χ3n) is 5.60. The Bertz CT molecular complexity index is 795. The van der Waals surface area contributed by atoms with Crippen molar-refractivity contribution in [2.75, 3.05) is 19.3 Å². The van der Waals surface area contributed by atoms with Crippen LogP contribution >= 0.6 is 11.8 Å². The molecule has 2 aromatic rings. The van der Waals surface area contributed by atoms with Crippen molar-refractivity contribution in [3.05, 3.63) is 46.8 Å². The molecule has 27 heavy (non-hydrogen) atoms. The summed E-state index contributed by atoms with van der Waals surface area (Å²) in [5.74, 6) is 0.387. The largest absolute Gasteiger partial charge is 0.298 e. The summed E-state index contributed by atoms with van der Waals surface area (Å²) >= 11 is 1.71. The molecule has 0 amide bonds. The van der Waals surface area contributed by atoms with E-state index < -0.39 is 0 Å². The molecule has 146 valence electrons. The normalized spacial score (nSPS) is 18.2. The lowest BCUT2D eigenvalue weighted by molar-refractivity contribution is 0.0811. The van der Waals surface area contributed by atoms with E-state index in [-0.39, 0.29) is 5.92 Å². The van der Waals surface area contributed by atoms with Crippen molar-refractivity contribution in [1.82, 2.24) is 14.7 Å². The maximum Gasteiger partial charge on any atom is 0.167 e. The van der Waals surface area contributed by atoms with Gasteiger partial charge in [-0.1, -0.05) is 12.1 Å². The van der Waals surface area contributed by atoms with Gasteiger partial charge in [-0.2, -0.15) is 5.10 Å². The number of thioether (sulfide) groups is 1. The third-order valence-corrected chi connectivity index (χ3v) is 6.34. The van der Waals surface area contributed by atoms with Crippen LogP contribution < -0.4 is 0 Å². The van der Waals surface area contributed by atoms with Gasteiger partial charge in [0.1, 0.15) is 0 Å². The molecule has 1 saturated heterocycles. The third kappa shape index (κ3) is 4.46. The molecular weight excluding hydrogens is 354 g/mol. The van der Waals surface area contributed by atoms with Gasteiger partial charge in [0.2, 0.25) is 0 Å². The fourth-order valence-corrected chi connectivity index (χ4v) is 4.46. The van der Waals surface area contributed by atoms with Gasteiger partial charge in [0.25, 0.3) is 0 Å². The number of hydrogen-bond acceptors (Lipinski definition) is 4. The number of aromatic nitrogens is 2. The topological polar surface area (TPSA) is 38.1 Å². The van der Waals surface area contributed by atoms with Gasteiger partial charge in [-0.3, -0.25) is 14.4 Å². The first-order valence-electron chi connectivity index (χ1n) is 9.86. The van der Waals surface area contributed by atoms with Crippen molar-refractivity contribution in [1.29, 1.82) is 0 Å². The van der Waals surface area contributed by atoms with Crippen molar-refractivity contribution in [3.8, 4) is 0 Å². The number of carbonyl (C=O) groups is 1. The number of rotatable bonds is 6. The average Bonchev–Trinajstić information content (AvgIpc) is 2.96. The highest BCUT2D eigenvalue weighted by Crippen LogP contribution is 2.26. The first-order valence-corrected chi connectivity index (χ1v) is 11.1. The summed E-state index contributed by atoms with van der Waals surface area (Å²) in [5, 5.41) is 4.71. The number of likely N-dealkylation sites (tertiary alicyclic amines) is 1. The summed E-state index contributed by atoms with van der Waals surface area (Å²) in [6.07, 6.45) is 4.12. The molecule has 1 aromatic carbocycles. The van der Waals surface area contributed by atoms with Crippen molar-refractivity contribution in [2.45, 2.75) is 58.0 Å². The van der Waals surface area contributed by atoms with Crippen LogP contribution in [0.4, 0.5) is 0 Å². The predicted octanol–water partition coefficient (Wildman–Crippen LogP) is 4.90. The molecule has 5 heteroatoms. The van der Waals surface area contributed by atoms with Gasteiger partial charge in [-0.05, 0) is 65.5 Å². The second kappa shape index (κ2) is 8.61. The number of benzene rings is 1. The van der Waals surface area contributed by atoms with E-state index in [0.717, 1.165) is 43.7 Å². The Hall–Kier alpha value is -1.59. The number of carbonyl (C=O) groups excluding carboxylic acids is 1. The van der Waals surface area contributed by atoms with Gasteiger partial charge >= 0.3 is 0 Å². The van der Waals surface area contributed by atoms with Crippen LogP contribution in [-0.4, -0.2) is 39.8 Å². The van der Waals surface area contributed by atoms with Crippen molar-refractivity contribution >= 4 is 17.5 Å². The van der Waals surface area contributed by atoms with E-state index in [1.165, 1.54) is 16.2 Å². The minimum Gasteiger partial charge on any atom is -0.298 e. The fraction of sp³-hybridized carbons (Fsp3) is 0.545. The molecule has 1 fully saturated rings. The Balaban J connectivity index is 1.70. The molecule has 0 saturated carbocycles. The SMILES string of the molecule is CSc1ccc(C(=O)[C@@H]2CCCN(Cc3c(C)nn(C(C)C)c3C)C2)cc1. The molecule has 0 N–H and O–H groups in total. The lowest BCUT2D eigenvalue weighted by atomic mass is 9.90. The molecular formula is C22H31N3OS. The minimum absolute atomic E-state index is 0.0969. The van der Waals surface area contributed by atoms with E-state index in [1.807, 2.05) is 24.3 Å². The first kappa shape index (κ1) is 20.2. The van der Waals surface area contributed by atoms with E-state index in [9.17, 15) is 4.79 Å². The molecule has 0 unspecified atom stereocenters. The number of hydrogen-bond donors (Lipinski definition) is 0. The highest BCUT2D eigenvalue weighted by molar-refractivity contribution is 7.98. The smallest absolute Gasteiger partial charge is 0.167 e. The minimum atomic E-state index is 0.0969. The van der Waals surface area contributed by atoms with Gasteiger partial charge in [0.05, 0.1) is 5.69 Å². The van der Waals surface area contributed by atoms with Crippen LogP contribution in [0.5, 0.6) is 0 Å². The number of piperidine rings is 1. The van der Waals surface area contributed by atoms with Gasteiger partial charge in [0, 0.05) is 46.8 Å². The van der Waals surface area contributed by atoms with Crippen LogP contribution in [0, 0.1) is 19.8 Å². The molecule has 3 rings (SSSR count). The summed E-state index contributed by atoms with van der Waals surface area (Å²) in [4.78, 5) is 16.6. The van der Waals surface area contributed by atoms with Crippen molar-refractivity contribution in [3.63, 3.8) is 0 Å². The Kier molecular flexibility index (Phi) is 6.43. The van der Waals surface area contributed by atoms with Gasteiger partial charge in [-0.15, -0.1) is 11.8 Å². The summed E-state index contributed by atoms with van der Waals surface area (Å²) in [5.41, 5.74) is 4.53. The zero-order valence-corrected chi connectivity index (χ0v) is 18.0. The number of nitrogens with zero attached hydrogens (tertiary/aromatic N) is 3. The number of ketones is 1. The van der Waals surface area contributed by atoms with Crippen LogP contribution in [-0.2, 0) is 6.54 Å². The zero-order chi connectivity index (χ0) is 19.6. The standard InChI is InChI=1S/C22H31N3OS/c1-15(2)25-17(4)21(16(3)23-25)14-24-12-6-7-19(13-24)22(26)18-8-10-20(27-5)11-9-18/h8-11,15,19H,6-7,12-14H2,1-5H3/t19-/m1/s1. The molecule has 1 aromatic heterocycles. The average molecular weight is 386 g/mol. The number of Topliss-reactive ketones (excluding diaryl/α,β-unsaturated/α-hetero) is 1. The molecule has 0 bridgehead atoms. The van der Waals surface area contributed by atoms with E-state index >= 15 is 0 Å². The van der Waals surface area contributed by atoms with Crippen molar-refractivity contribution < 1.29 is 4.79 Å². The summed E-state index contributed by atoms with van der Waals surface area (Å²) in [6.45, 7) is 11.4. The van der Waals surface area contributed by atoms with E-state index in [1.54, 1.807) is 11.8 Å². The maximum atomic E-state index is 13.0. The van der Waals surface area contributed by atoms with Gasteiger partial charge in [0.15, 0.2) is 5.78 Å². The summed E-state index contributed by atoms with van der Waals surface area (Å²) < 4.78 is 2.12. The Labute approximate surface area is 167 Å². The molecule has 4 nitrogen and oxygen atoms in total. The Morgan fingerprint density at radius 2 is 1.96 bits per heavy atom. The van der Waals surface area contributed by atoms with Crippen LogP contribution in [0.1, 0.15) is 60.0 Å². The highest BCUT2D eigenvalue weighted by atomic mass is 32.2. The molecule has 0 spiro atoms. The molecule has 2 heterocycles. The second-order valence-corrected chi connectivity index (χ2v) is 8.73. The monoisotopic (exact) mass is 385 g/mol. The van der Waals surface area contributed by atoms with E-state index in [4.69, 9.17) is 5.10 Å². The molecule has 0 aliphatic carbocycles. The maximum absolute atomic E-state index is 13.0. The summed E-state index contributed by atoms with van der Waals surface area (Å²) in [6, 6.07) is 8.43. The molecule has 0 radical (unpaired) electrons. The molecule has 1 atom stereocenters. The lowest BCUT2D eigenvalue weighted by Gasteiger charge is -2.32. The Morgan fingerprint density at radius 3 is 2.56 bits per heavy atom. The van der Waals surface area contributed by atoms with E-state index in [0.29, 0.717) is 11.8 Å². The van der Waals surface area contributed by atoms with Crippen LogP contribution in [0.15, 0.2) is 29.2 Å². The quantitative estimate of drug-likeness (QED) is 0.524. The highest BCUT2D eigenvalue weighted by Gasteiger charge is 2.27. The molecule has 1 aliphatic heterocycles. The molecule has 1 aliphatic rings. The van der Waals surface area contributed by atoms with Crippen molar-refractivity contribution in [2.24, 2.45) is 5.92 Å². The predicted molar refractivity (Wildman–Crippen MR) is 113 cm³/mol. The fourth-order valence-electron chi connectivity index (χ4n) is 4.06. The lowest BCUT2D eigenvalue weighted by Crippen LogP contribution is -2.38. The summed E-state index contributed by atoms with van der Waals surface area (Å²) in [7, 11) is 0. The first-order chi connectivity index (χ1) is 12.9. The van der Waals surface area contributed by atoms with Crippen LogP contribution in [0.25, 0.3) is 0 Å². The zero-order valence-electron chi connectivity index (χ0n) is 17.2. The van der Waals surface area contributed by atoms with Crippen LogP contribution in [0.3, 0.4) is 0 Å². The number of aryl methyl sites for hydroxylation is 1. The van der Waals surface area contributed by atoms with Gasteiger partial charge in [-0.25, -0.2) is 0 Å². The van der Waals surface area contributed by atoms with Crippen LogP contribution in [0.2, 0.25) is 0 Å². The van der Waals surface area contributed by atoms with E-state index in [2.05, 4.69) is 43.5 Å². The Morgan fingerprint density at radius 1 is 1.26 bits per heavy atom. The second-order valence-electron chi connectivity index (χ2n) is 7.85. The van der Waals surface area contributed by atoms with Gasteiger partial charge < -0.3 is 0 Å².